The molecule has 0 aliphatic heterocycles. The molecule has 0 N–H and O–H groups in total. The highest BCUT2D eigenvalue weighted by Crippen LogP contribution is 2.62. The van der Waals surface area contributed by atoms with Gasteiger partial charge in [-0.25, -0.2) is 0 Å². The van der Waals surface area contributed by atoms with Crippen LogP contribution in [0.5, 0.6) is 0 Å². The Labute approximate surface area is 251 Å². The quantitative estimate of drug-likeness (QED) is 0.213. The van der Waals surface area contributed by atoms with Gasteiger partial charge in [0.05, 0.1) is 17.0 Å². The average molecular weight is 544 g/mol. The molecule has 1 unspecified atom stereocenters. The molecule has 0 radical (unpaired) electrons. The summed E-state index contributed by atoms with van der Waals surface area (Å²) >= 11 is 0. The maximum absolute atomic E-state index is 9.46. The van der Waals surface area contributed by atoms with Gasteiger partial charge in [0, 0.05) is 0 Å². The van der Waals surface area contributed by atoms with Gasteiger partial charge in [-0.3, -0.25) is 0 Å². The van der Waals surface area contributed by atoms with Crippen LogP contribution in [0.3, 0.4) is 0 Å². The van der Waals surface area contributed by atoms with E-state index in [2.05, 4.69) is 140 Å². The predicted molar refractivity (Wildman–Crippen MR) is 176 cm³/mol. The van der Waals surface area contributed by atoms with Crippen LogP contribution in [0, 0.1) is 11.3 Å². The van der Waals surface area contributed by atoms with E-state index in [9.17, 15) is 5.26 Å². The first kappa shape index (κ1) is 23.9. The van der Waals surface area contributed by atoms with Gasteiger partial charge in [-0.05, 0) is 102 Å². The van der Waals surface area contributed by atoms with Crippen LogP contribution in [0.2, 0.25) is 0 Å². The van der Waals surface area contributed by atoms with Crippen LogP contribution in [-0.4, -0.2) is 0 Å². The number of benzene rings is 7. The van der Waals surface area contributed by atoms with Crippen molar-refractivity contribution in [3.05, 3.63) is 179 Å². The Morgan fingerprint density at radius 2 is 0.930 bits per heavy atom. The van der Waals surface area contributed by atoms with Crippen LogP contribution in [0.25, 0.3) is 55.3 Å². The van der Waals surface area contributed by atoms with E-state index in [4.69, 9.17) is 0 Å². The van der Waals surface area contributed by atoms with Gasteiger partial charge in [0.1, 0.15) is 0 Å². The Balaban J connectivity index is 1.35. The molecule has 0 bridgehead atoms. The predicted octanol–water partition coefficient (Wildman–Crippen LogP) is 10.4. The molecule has 0 aromatic heterocycles. The minimum Gasteiger partial charge on any atom is -0.192 e. The van der Waals surface area contributed by atoms with Gasteiger partial charge in [0.25, 0.3) is 0 Å². The summed E-state index contributed by atoms with van der Waals surface area (Å²) < 4.78 is 0. The minimum atomic E-state index is -0.425. The molecule has 1 nitrogen and oxygen atoms in total. The summed E-state index contributed by atoms with van der Waals surface area (Å²) in [5.74, 6) is 0. The Morgan fingerprint density at radius 3 is 1.67 bits per heavy atom. The molecule has 7 aromatic carbocycles. The van der Waals surface area contributed by atoms with Crippen molar-refractivity contribution in [2.75, 3.05) is 0 Å². The van der Waals surface area contributed by atoms with E-state index in [1.165, 1.54) is 60.8 Å². The smallest absolute Gasteiger partial charge is 0.0991 e. The van der Waals surface area contributed by atoms with Gasteiger partial charge in [-0.2, -0.15) is 5.26 Å². The molecular weight excluding hydrogens is 518 g/mol. The molecule has 0 saturated carbocycles. The lowest BCUT2D eigenvalue weighted by Crippen LogP contribution is -2.31. The minimum absolute atomic E-state index is 0.425. The summed E-state index contributed by atoms with van der Waals surface area (Å²) in [7, 11) is 0. The number of fused-ring (bicyclic) bond motifs is 9. The Morgan fingerprint density at radius 1 is 0.395 bits per heavy atom. The van der Waals surface area contributed by atoms with Crippen molar-refractivity contribution in [3.63, 3.8) is 0 Å². The van der Waals surface area contributed by atoms with Gasteiger partial charge in [0.2, 0.25) is 0 Å². The Hall–Kier alpha value is -5.71. The van der Waals surface area contributed by atoms with E-state index < -0.39 is 5.41 Å². The lowest BCUT2D eigenvalue weighted by atomic mass is 9.61. The van der Waals surface area contributed by atoms with Crippen LogP contribution >= 0.6 is 0 Å². The zero-order chi connectivity index (χ0) is 28.5. The van der Waals surface area contributed by atoms with E-state index in [1.807, 2.05) is 18.2 Å². The van der Waals surface area contributed by atoms with Crippen molar-refractivity contribution in [2.24, 2.45) is 0 Å². The zero-order valence-electron chi connectivity index (χ0n) is 23.4. The van der Waals surface area contributed by atoms with Crippen LogP contribution in [-0.2, 0) is 5.41 Å². The van der Waals surface area contributed by atoms with Gasteiger partial charge in [-0.1, -0.05) is 127 Å². The fraction of sp³-hybridized carbons (Fsp3) is 0.0238. The molecule has 43 heavy (non-hydrogen) atoms. The molecule has 7 aromatic rings. The van der Waals surface area contributed by atoms with Crippen molar-refractivity contribution >= 4 is 10.8 Å². The largest absolute Gasteiger partial charge is 0.192 e. The van der Waals surface area contributed by atoms with Crippen LogP contribution in [0.15, 0.2) is 152 Å². The fourth-order valence-electron chi connectivity index (χ4n) is 7.75. The first-order valence-corrected chi connectivity index (χ1v) is 14.7. The van der Waals surface area contributed by atoms with Gasteiger partial charge >= 0.3 is 0 Å². The summed E-state index contributed by atoms with van der Waals surface area (Å²) in [6, 6.07) is 57.3. The summed E-state index contributed by atoms with van der Waals surface area (Å²) in [4.78, 5) is 0. The molecule has 0 saturated heterocycles. The van der Waals surface area contributed by atoms with Gasteiger partial charge in [0.15, 0.2) is 0 Å². The third-order valence-electron chi connectivity index (χ3n) is 9.50. The molecule has 2 aliphatic rings. The molecule has 2 aliphatic carbocycles. The summed E-state index contributed by atoms with van der Waals surface area (Å²) in [5.41, 5.74) is 15.3. The second kappa shape index (κ2) is 8.89. The van der Waals surface area contributed by atoms with Crippen LogP contribution < -0.4 is 0 Å². The molecule has 1 heteroatoms. The Kier molecular flexibility index (Phi) is 4.95. The van der Waals surface area contributed by atoms with Crippen molar-refractivity contribution in [3.8, 4) is 50.6 Å². The highest BCUT2D eigenvalue weighted by molar-refractivity contribution is 6.07. The number of hydrogen-bond acceptors (Lipinski definition) is 1. The molecule has 0 fully saturated rings. The Bertz CT molecular complexity index is 2310. The van der Waals surface area contributed by atoms with E-state index in [-0.39, 0.29) is 0 Å². The molecular formula is C42H25N. The number of hydrogen-bond donors (Lipinski definition) is 0. The molecule has 9 rings (SSSR count). The second-order valence-electron chi connectivity index (χ2n) is 11.6. The fourth-order valence-corrected chi connectivity index (χ4v) is 7.75. The third-order valence-corrected chi connectivity index (χ3v) is 9.50. The highest BCUT2D eigenvalue weighted by Gasteiger charge is 2.50. The molecule has 1 atom stereocenters. The van der Waals surface area contributed by atoms with Crippen LogP contribution in [0.4, 0.5) is 0 Å². The standard InChI is InChI=1S/C42H25N/c43-26-27-9-5-12-29(23-27)30-13-6-14-31(24-30)32-21-22-35-33-15-1-3-18-37(33)42(40(35)25-32)38-19-4-2-16-34(38)36-17-7-10-28-11-8-20-39(42)41(28)36/h1-25H. The van der Waals surface area contributed by atoms with Gasteiger partial charge in [-0.15, -0.1) is 0 Å². The van der Waals surface area contributed by atoms with Crippen molar-refractivity contribution < 1.29 is 0 Å². The highest BCUT2D eigenvalue weighted by atomic mass is 14.5. The van der Waals surface area contributed by atoms with Crippen molar-refractivity contribution in [1.29, 1.82) is 5.26 Å². The average Bonchev–Trinajstić information content (AvgIpc) is 3.37. The van der Waals surface area contributed by atoms with Crippen LogP contribution in [0.1, 0.15) is 27.8 Å². The zero-order valence-corrected chi connectivity index (χ0v) is 23.4. The third kappa shape index (κ3) is 3.21. The second-order valence-corrected chi connectivity index (χ2v) is 11.6. The number of rotatable bonds is 2. The van der Waals surface area contributed by atoms with E-state index in [1.54, 1.807) is 0 Å². The normalized spacial score (nSPS) is 15.5. The van der Waals surface area contributed by atoms with E-state index in [0.717, 1.165) is 16.7 Å². The monoisotopic (exact) mass is 543 g/mol. The van der Waals surface area contributed by atoms with Gasteiger partial charge < -0.3 is 0 Å². The molecule has 0 heterocycles. The number of nitriles is 1. The SMILES string of the molecule is N#Cc1cccc(-c2cccc(-c3ccc4c(c3)C3(c5ccccc5-4)c4ccccc4-c4cccc5cccc3c45)c2)c1. The molecule has 0 amide bonds. The molecule has 1 spiro atoms. The summed E-state index contributed by atoms with van der Waals surface area (Å²) in [6.45, 7) is 0. The lowest BCUT2D eigenvalue weighted by molar-refractivity contribution is 0.774. The first-order chi connectivity index (χ1) is 21.3. The van der Waals surface area contributed by atoms with E-state index >= 15 is 0 Å². The first-order valence-electron chi connectivity index (χ1n) is 14.7. The maximum Gasteiger partial charge on any atom is 0.0991 e. The molecule has 198 valence electrons. The van der Waals surface area contributed by atoms with E-state index in [0.29, 0.717) is 5.56 Å². The van der Waals surface area contributed by atoms with Crippen molar-refractivity contribution in [2.45, 2.75) is 5.41 Å². The maximum atomic E-state index is 9.46. The topological polar surface area (TPSA) is 23.8 Å². The summed E-state index contributed by atoms with van der Waals surface area (Å²) in [5, 5.41) is 12.1. The van der Waals surface area contributed by atoms with Crippen molar-refractivity contribution in [1.82, 2.24) is 0 Å². The summed E-state index contributed by atoms with van der Waals surface area (Å²) in [6.07, 6.45) is 0. The lowest BCUT2D eigenvalue weighted by Gasteiger charge is -2.40. The number of nitrogens with zero attached hydrogens (tertiary/aromatic N) is 1.